The molecule has 1 atom stereocenters. The molecule has 102 valence electrons. The zero-order valence-corrected chi connectivity index (χ0v) is 12.0. The van der Waals surface area contributed by atoms with Crippen LogP contribution in [0.3, 0.4) is 0 Å². The normalized spacial score (nSPS) is 15.8. The zero-order chi connectivity index (χ0) is 14.2. The molecule has 3 aromatic rings. The standard InChI is InChI=1S/C19H13ClO/c20-15-10-6-12-17-19(15)18(13-7-2-1-3-8-13)14-9-4-5-11-16(14)21-17/h1-12,18H. The number of para-hydroxylation sites is 1. The summed E-state index contributed by atoms with van der Waals surface area (Å²) < 4.78 is 6.03. The van der Waals surface area contributed by atoms with E-state index >= 15 is 0 Å². The molecule has 1 heterocycles. The van der Waals surface area contributed by atoms with Crippen LogP contribution < -0.4 is 4.74 Å². The van der Waals surface area contributed by atoms with Gasteiger partial charge in [0.25, 0.3) is 0 Å². The summed E-state index contributed by atoms with van der Waals surface area (Å²) >= 11 is 6.47. The maximum Gasteiger partial charge on any atom is 0.133 e. The molecule has 0 amide bonds. The highest BCUT2D eigenvalue weighted by Gasteiger charge is 2.30. The highest BCUT2D eigenvalue weighted by Crippen LogP contribution is 2.49. The van der Waals surface area contributed by atoms with Crippen molar-refractivity contribution in [3.63, 3.8) is 0 Å². The first-order chi connectivity index (χ1) is 10.3. The van der Waals surface area contributed by atoms with E-state index in [0.717, 1.165) is 27.6 Å². The fraction of sp³-hybridized carbons (Fsp3) is 0.0526. The van der Waals surface area contributed by atoms with Gasteiger partial charge in [0, 0.05) is 22.1 Å². The lowest BCUT2D eigenvalue weighted by atomic mass is 9.83. The number of ether oxygens (including phenoxy) is 1. The van der Waals surface area contributed by atoms with Gasteiger partial charge in [-0.1, -0.05) is 66.2 Å². The topological polar surface area (TPSA) is 9.23 Å². The molecule has 0 spiro atoms. The third kappa shape index (κ3) is 2.01. The van der Waals surface area contributed by atoms with Gasteiger partial charge in [0.1, 0.15) is 11.5 Å². The molecule has 0 aromatic heterocycles. The second-order valence-corrected chi connectivity index (χ2v) is 5.54. The molecule has 21 heavy (non-hydrogen) atoms. The van der Waals surface area contributed by atoms with E-state index in [9.17, 15) is 0 Å². The molecule has 4 rings (SSSR count). The Bertz CT molecular complexity index is 796. The Hall–Kier alpha value is -2.25. The van der Waals surface area contributed by atoms with Crippen LogP contribution in [0.25, 0.3) is 0 Å². The first-order valence-electron chi connectivity index (χ1n) is 6.95. The van der Waals surface area contributed by atoms with Gasteiger partial charge < -0.3 is 4.74 Å². The average molecular weight is 293 g/mol. The van der Waals surface area contributed by atoms with Crippen LogP contribution in [0.15, 0.2) is 72.8 Å². The van der Waals surface area contributed by atoms with Crippen LogP contribution in [0.4, 0.5) is 0 Å². The summed E-state index contributed by atoms with van der Waals surface area (Å²) in [6.45, 7) is 0. The molecule has 1 aliphatic heterocycles. The lowest BCUT2D eigenvalue weighted by Crippen LogP contribution is -2.12. The molecular weight excluding hydrogens is 280 g/mol. The second kappa shape index (κ2) is 4.94. The van der Waals surface area contributed by atoms with E-state index in [4.69, 9.17) is 16.3 Å². The third-order valence-corrected chi connectivity index (χ3v) is 4.21. The number of rotatable bonds is 1. The number of hydrogen-bond acceptors (Lipinski definition) is 1. The first-order valence-corrected chi connectivity index (χ1v) is 7.32. The van der Waals surface area contributed by atoms with Crippen LogP contribution in [0.2, 0.25) is 5.02 Å². The number of fused-ring (bicyclic) bond motifs is 2. The highest BCUT2D eigenvalue weighted by atomic mass is 35.5. The van der Waals surface area contributed by atoms with Crippen LogP contribution in [-0.4, -0.2) is 0 Å². The van der Waals surface area contributed by atoms with Crippen molar-refractivity contribution in [2.45, 2.75) is 5.92 Å². The molecule has 1 aliphatic rings. The summed E-state index contributed by atoms with van der Waals surface area (Å²) in [5.41, 5.74) is 3.43. The van der Waals surface area contributed by atoms with Crippen molar-refractivity contribution in [1.29, 1.82) is 0 Å². The van der Waals surface area contributed by atoms with E-state index in [1.165, 1.54) is 5.56 Å². The van der Waals surface area contributed by atoms with Gasteiger partial charge >= 0.3 is 0 Å². The van der Waals surface area contributed by atoms with Crippen molar-refractivity contribution >= 4 is 11.6 Å². The Balaban J connectivity index is 2.01. The molecule has 0 saturated heterocycles. The third-order valence-electron chi connectivity index (χ3n) is 3.88. The van der Waals surface area contributed by atoms with Crippen molar-refractivity contribution in [3.05, 3.63) is 94.5 Å². The lowest BCUT2D eigenvalue weighted by Gasteiger charge is -2.29. The minimum absolute atomic E-state index is 0.111. The molecule has 0 saturated carbocycles. The molecule has 0 bridgehead atoms. The van der Waals surface area contributed by atoms with E-state index < -0.39 is 0 Å². The molecule has 1 unspecified atom stereocenters. The van der Waals surface area contributed by atoms with Gasteiger partial charge in [0.15, 0.2) is 0 Å². The second-order valence-electron chi connectivity index (χ2n) is 5.14. The van der Waals surface area contributed by atoms with Crippen molar-refractivity contribution in [2.75, 3.05) is 0 Å². The largest absolute Gasteiger partial charge is 0.457 e. The molecular formula is C19H13ClO. The van der Waals surface area contributed by atoms with Crippen molar-refractivity contribution < 1.29 is 4.74 Å². The molecule has 1 nitrogen and oxygen atoms in total. The zero-order valence-electron chi connectivity index (χ0n) is 11.3. The Morgan fingerprint density at radius 2 is 1.43 bits per heavy atom. The molecule has 0 fully saturated rings. The predicted octanol–water partition coefficient (Wildman–Crippen LogP) is 5.63. The molecule has 2 heteroatoms. The maximum absolute atomic E-state index is 6.47. The summed E-state index contributed by atoms with van der Waals surface area (Å²) in [7, 11) is 0. The van der Waals surface area contributed by atoms with E-state index in [1.54, 1.807) is 0 Å². The maximum atomic E-state index is 6.47. The van der Waals surface area contributed by atoms with Crippen molar-refractivity contribution in [3.8, 4) is 11.5 Å². The van der Waals surface area contributed by atoms with Crippen LogP contribution in [-0.2, 0) is 0 Å². The summed E-state index contributed by atoms with van der Waals surface area (Å²) in [5, 5.41) is 0.746. The Labute approximate surface area is 128 Å². The Morgan fingerprint density at radius 3 is 2.29 bits per heavy atom. The van der Waals surface area contributed by atoms with Gasteiger partial charge in [-0.15, -0.1) is 0 Å². The fourth-order valence-corrected chi connectivity index (χ4v) is 3.24. The highest BCUT2D eigenvalue weighted by molar-refractivity contribution is 6.31. The van der Waals surface area contributed by atoms with E-state index in [1.807, 2.05) is 42.5 Å². The first kappa shape index (κ1) is 12.5. The minimum atomic E-state index is 0.111. The number of benzene rings is 3. The monoisotopic (exact) mass is 292 g/mol. The van der Waals surface area contributed by atoms with Gasteiger partial charge in [0.2, 0.25) is 0 Å². The van der Waals surface area contributed by atoms with Crippen molar-refractivity contribution in [2.24, 2.45) is 0 Å². The van der Waals surface area contributed by atoms with Gasteiger partial charge in [-0.2, -0.15) is 0 Å². The number of halogens is 1. The fourth-order valence-electron chi connectivity index (χ4n) is 2.96. The summed E-state index contributed by atoms with van der Waals surface area (Å²) in [6.07, 6.45) is 0. The smallest absolute Gasteiger partial charge is 0.133 e. The summed E-state index contributed by atoms with van der Waals surface area (Å²) in [5.74, 6) is 1.86. The summed E-state index contributed by atoms with van der Waals surface area (Å²) in [6, 6.07) is 24.4. The van der Waals surface area contributed by atoms with E-state index in [0.29, 0.717) is 0 Å². The summed E-state index contributed by atoms with van der Waals surface area (Å²) in [4.78, 5) is 0. The van der Waals surface area contributed by atoms with Crippen LogP contribution in [0.5, 0.6) is 11.5 Å². The van der Waals surface area contributed by atoms with E-state index in [-0.39, 0.29) is 5.92 Å². The predicted molar refractivity (Wildman–Crippen MR) is 85.4 cm³/mol. The van der Waals surface area contributed by atoms with Gasteiger partial charge in [0.05, 0.1) is 0 Å². The van der Waals surface area contributed by atoms with Crippen LogP contribution in [0.1, 0.15) is 22.6 Å². The Morgan fingerprint density at radius 1 is 0.714 bits per heavy atom. The molecule has 0 N–H and O–H groups in total. The lowest BCUT2D eigenvalue weighted by molar-refractivity contribution is 0.453. The number of hydrogen-bond donors (Lipinski definition) is 0. The van der Waals surface area contributed by atoms with Crippen LogP contribution >= 0.6 is 11.6 Å². The average Bonchev–Trinajstić information content (AvgIpc) is 2.54. The van der Waals surface area contributed by atoms with E-state index in [2.05, 4.69) is 30.3 Å². The quantitative estimate of drug-likeness (QED) is 0.442. The molecule has 0 radical (unpaired) electrons. The Kier molecular flexibility index (Phi) is 2.94. The van der Waals surface area contributed by atoms with Gasteiger partial charge in [-0.25, -0.2) is 0 Å². The van der Waals surface area contributed by atoms with Crippen molar-refractivity contribution in [1.82, 2.24) is 0 Å². The SMILES string of the molecule is Clc1cccc2c1C(c1ccccc1)c1ccccc1O2. The van der Waals surface area contributed by atoms with Gasteiger partial charge in [-0.05, 0) is 23.8 Å². The van der Waals surface area contributed by atoms with Crippen LogP contribution in [0, 0.1) is 0 Å². The van der Waals surface area contributed by atoms with Gasteiger partial charge in [-0.3, -0.25) is 0 Å². The molecule has 3 aromatic carbocycles. The minimum Gasteiger partial charge on any atom is -0.457 e. The molecule has 0 aliphatic carbocycles.